The van der Waals surface area contributed by atoms with Crippen LogP contribution in [0.25, 0.3) is 6.08 Å². The van der Waals surface area contributed by atoms with Crippen LogP contribution in [0.3, 0.4) is 0 Å². The minimum atomic E-state index is -0.470. The van der Waals surface area contributed by atoms with Gasteiger partial charge < -0.3 is 9.47 Å². The van der Waals surface area contributed by atoms with E-state index in [0.29, 0.717) is 16.9 Å². The number of allylic oxidation sites excluding steroid dienone is 1. The number of benzene rings is 3. The summed E-state index contributed by atoms with van der Waals surface area (Å²) in [6.45, 7) is 3.89. The van der Waals surface area contributed by atoms with Gasteiger partial charge in [0.1, 0.15) is 12.4 Å². The topological polar surface area (TPSA) is 78.7 Å². The number of nitro groups is 1. The van der Waals surface area contributed by atoms with Gasteiger partial charge in [0.05, 0.1) is 12.0 Å². The van der Waals surface area contributed by atoms with Gasteiger partial charge in [-0.1, -0.05) is 48.0 Å². The molecule has 0 amide bonds. The molecule has 3 aromatic carbocycles. The summed E-state index contributed by atoms with van der Waals surface area (Å²) < 4.78 is 11.1. The Morgan fingerprint density at radius 1 is 0.968 bits per heavy atom. The van der Waals surface area contributed by atoms with Crippen LogP contribution in [0.2, 0.25) is 0 Å². The number of rotatable bonds is 8. The minimum Gasteiger partial charge on any atom is -0.496 e. The fourth-order valence-electron chi connectivity index (χ4n) is 3.04. The van der Waals surface area contributed by atoms with Crippen molar-refractivity contribution in [2.45, 2.75) is 20.5 Å². The van der Waals surface area contributed by atoms with Crippen LogP contribution < -0.4 is 9.47 Å². The number of carbonyl (C=O) groups is 1. The Morgan fingerprint density at radius 3 is 2.35 bits per heavy atom. The van der Waals surface area contributed by atoms with Crippen LogP contribution in [0.5, 0.6) is 11.5 Å². The Hall–Kier alpha value is -3.93. The molecule has 0 unspecified atom stereocenters. The van der Waals surface area contributed by atoms with Gasteiger partial charge in [0.15, 0.2) is 11.5 Å². The summed E-state index contributed by atoms with van der Waals surface area (Å²) in [7, 11) is 1.55. The number of methoxy groups -OCH3 is 1. The molecule has 6 nitrogen and oxygen atoms in total. The van der Waals surface area contributed by atoms with E-state index in [1.165, 1.54) is 12.1 Å². The van der Waals surface area contributed by atoms with Gasteiger partial charge in [-0.05, 0) is 49.2 Å². The average molecular weight is 417 g/mol. The van der Waals surface area contributed by atoms with Crippen molar-refractivity contribution in [3.8, 4) is 11.5 Å². The van der Waals surface area contributed by atoms with E-state index in [2.05, 4.69) is 0 Å². The minimum absolute atomic E-state index is 0.0844. The van der Waals surface area contributed by atoms with Crippen LogP contribution in [-0.4, -0.2) is 17.8 Å². The molecule has 0 saturated carbocycles. The summed E-state index contributed by atoms with van der Waals surface area (Å²) in [4.78, 5) is 23.2. The van der Waals surface area contributed by atoms with E-state index in [9.17, 15) is 14.9 Å². The number of aryl methyl sites for hydroxylation is 2. The smallest absolute Gasteiger partial charge is 0.310 e. The molecule has 0 aliphatic carbocycles. The Morgan fingerprint density at radius 2 is 1.68 bits per heavy atom. The predicted octanol–water partition coefficient (Wildman–Crippen LogP) is 5.70. The van der Waals surface area contributed by atoms with Gasteiger partial charge in [0, 0.05) is 17.2 Å². The summed E-state index contributed by atoms with van der Waals surface area (Å²) in [6, 6.07) is 17.6. The first kappa shape index (κ1) is 21.8. The molecular weight excluding hydrogens is 394 g/mol. The second-order valence-electron chi connectivity index (χ2n) is 7.15. The van der Waals surface area contributed by atoms with Gasteiger partial charge in [0.25, 0.3) is 0 Å². The number of hydrogen-bond donors (Lipinski definition) is 0. The third-order valence-corrected chi connectivity index (χ3v) is 4.76. The Labute approximate surface area is 180 Å². The van der Waals surface area contributed by atoms with E-state index in [-0.39, 0.29) is 23.8 Å². The van der Waals surface area contributed by atoms with E-state index in [4.69, 9.17) is 9.47 Å². The predicted molar refractivity (Wildman–Crippen MR) is 120 cm³/mol. The largest absolute Gasteiger partial charge is 0.496 e. The normalized spacial score (nSPS) is 10.8. The van der Waals surface area contributed by atoms with Gasteiger partial charge in [0.2, 0.25) is 0 Å². The molecule has 0 aromatic heterocycles. The van der Waals surface area contributed by atoms with E-state index in [1.54, 1.807) is 43.5 Å². The maximum Gasteiger partial charge on any atom is 0.310 e. The van der Waals surface area contributed by atoms with Gasteiger partial charge in [-0.3, -0.25) is 14.9 Å². The molecule has 0 aliphatic heterocycles. The summed E-state index contributed by atoms with van der Waals surface area (Å²) in [5.41, 5.74) is 3.98. The molecule has 0 fully saturated rings. The van der Waals surface area contributed by atoms with Crippen molar-refractivity contribution < 1.29 is 19.2 Å². The van der Waals surface area contributed by atoms with Crippen LogP contribution >= 0.6 is 0 Å². The summed E-state index contributed by atoms with van der Waals surface area (Å²) in [5.74, 6) is 0.698. The molecule has 158 valence electrons. The van der Waals surface area contributed by atoms with Crippen molar-refractivity contribution in [2.24, 2.45) is 0 Å². The molecule has 0 saturated heterocycles. The van der Waals surface area contributed by atoms with Crippen LogP contribution in [0.15, 0.2) is 66.7 Å². The average Bonchev–Trinajstić information content (AvgIpc) is 2.76. The Balaban J connectivity index is 1.80. The zero-order valence-corrected chi connectivity index (χ0v) is 17.6. The molecule has 6 heteroatoms. The molecule has 0 radical (unpaired) electrons. The molecule has 3 rings (SSSR count). The second kappa shape index (κ2) is 9.71. The van der Waals surface area contributed by atoms with Crippen LogP contribution in [0.1, 0.15) is 32.6 Å². The van der Waals surface area contributed by atoms with Crippen molar-refractivity contribution in [2.75, 3.05) is 7.11 Å². The second-order valence-corrected chi connectivity index (χ2v) is 7.15. The number of ketones is 1. The van der Waals surface area contributed by atoms with Crippen molar-refractivity contribution in [3.05, 3.63) is 105 Å². The SMILES string of the molecule is COc1ccc(/C=C/C(=O)c2ccc(C)cc2)cc1COc1cc(C)ccc1[N+](=O)[O-]. The lowest BCUT2D eigenvalue weighted by atomic mass is 10.1. The first-order valence-electron chi connectivity index (χ1n) is 9.71. The molecule has 0 spiro atoms. The van der Waals surface area contributed by atoms with E-state index in [1.807, 2.05) is 38.1 Å². The third kappa shape index (κ3) is 5.57. The standard InChI is InChI=1S/C25H23NO5/c1-17-4-9-20(10-5-17)23(27)12-7-19-8-13-24(30-3)21(15-19)16-31-25-14-18(2)6-11-22(25)26(28)29/h4-15H,16H2,1-3H3/b12-7+. The van der Waals surface area contributed by atoms with E-state index in [0.717, 1.165) is 16.7 Å². The van der Waals surface area contributed by atoms with E-state index < -0.39 is 4.92 Å². The van der Waals surface area contributed by atoms with Crippen molar-refractivity contribution in [1.29, 1.82) is 0 Å². The molecule has 31 heavy (non-hydrogen) atoms. The van der Waals surface area contributed by atoms with Crippen LogP contribution in [0, 0.1) is 24.0 Å². The highest BCUT2D eigenvalue weighted by atomic mass is 16.6. The molecule has 0 heterocycles. The van der Waals surface area contributed by atoms with Crippen molar-refractivity contribution in [3.63, 3.8) is 0 Å². The van der Waals surface area contributed by atoms with Gasteiger partial charge in [-0.2, -0.15) is 0 Å². The highest BCUT2D eigenvalue weighted by molar-refractivity contribution is 6.06. The number of carbonyl (C=O) groups excluding carboxylic acids is 1. The lowest BCUT2D eigenvalue weighted by Crippen LogP contribution is -2.02. The quantitative estimate of drug-likeness (QED) is 0.203. The third-order valence-electron chi connectivity index (χ3n) is 4.76. The van der Waals surface area contributed by atoms with E-state index >= 15 is 0 Å². The van der Waals surface area contributed by atoms with Crippen LogP contribution in [-0.2, 0) is 6.61 Å². The molecule has 0 atom stereocenters. The lowest BCUT2D eigenvalue weighted by Gasteiger charge is -2.12. The summed E-state index contributed by atoms with van der Waals surface area (Å²) in [6.07, 6.45) is 3.24. The fourth-order valence-corrected chi connectivity index (χ4v) is 3.04. The first-order chi connectivity index (χ1) is 14.9. The van der Waals surface area contributed by atoms with Crippen LogP contribution in [0.4, 0.5) is 5.69 Å². The number of ether oxygens (including phenoxy) is 2. The number of nitro benzene ring substituents is 1. The van der Waals surface area contributed by atoms with Gasteiger partial charge in [-0.25, -0.2) is 0 Å². The number of hydrogen-bond acceptors (Lipinski definition) is 5. The summed E-state index contributed by atoms with van der Waals surface area (Å²) >= 11 is 0. The monoisotopic (exact) mass is 417 g/mol. The maximum absolute atomic E-state index is 12.4. The summed E-state index contributed by atoms with van der Waals surface area (Å²) in [5, 5.41) is 11.3. The zero-order chi connectivity index (χ0) is 22.4. The van der Waals surface area contributed by atoms with Gasteiger partial charge in [-0.15, -0.1) is 0 Å². The fraction of sp³-hybridized carbons (Fsp3) is 0.160. The Bertz CT molecular complexity index is 1130. The van der Waals surface area contributed by atoms with Gasteiger partial charge >= 0.3 is 5.69 Å². The Kier molecular flexibility index (Phi) is 6.82. The zero-order valence-electron chi connectivity index (χ0n) is 17.6. The lowest BCUT2D eigenvalue weighted by molar-refractivity contribution is -0.386. The molecule has 0 bridgehead atoms. The molecule has 0 N–H and O–H groups in total. The molecule has 3 aromatic rings. The van der Waals surface area contributed by atoms with Crippen molar-refractivity contribution >= 4 is 17.5 Å². The highest BCUT2D eigenvalue weighted by Gasteiger charge is 2.16. The number of nitrogens with zero attached hydrogens (tertiary/aromatic N) is 1. The first-order valence-corrected chi connectivity index (χ1v) is 9.71. The molecular formula is C25H23NO5. The molecule has 0 aliphatic rings. The van der Waals surface area contributed by atoms with Crippen molar-refractivity contribution in [1.82, 2.24) is 0 Å². The highest BCUT2D eigenvalue weighted by Crippen LogP contribution is 2.30. The maximum atomic E-state index is 12.4.